The Labute approximate surface area is 180 Å². The predicted octanol–water partition coefficient (Wildman–Crippen LogP) is 5.94. The highest BCUT2D eigenvalue weighted by Crippen LogP contribution is 2.28. The summed E-state index contributed by atoms with van der Waals surface area (Å²) in [5, 5.41) is 8.37. The van der Waals surface area contributed by atoms with Crippen LogP contribution in [-0.4, -0.2) is 21.4 Å². The molecule has 1 unspecified atom stereocenters. The molecule has 9 heteroatoms. The maximum atomic E-state index is 12.2. The molecule has 0 aliphatic rings. The molecule has 0 aliphatic heterocycles. The number of carbonyl (C=O) groups is 1. The van der Waals surface area contributed by atoms with Gasteiger partial charge in [0.2, 0.25) is 5.91 Å². The molecule has 0 spiro atoms. The molecule has 0 bridgehead atoms. The van der Waals surface area contributed by atoms with E-state index in [1.54, 1.807) is 22.9 Å². The van der Waals surface area contributed by atoms with Crippen LogP contribution >= 0.6 is 58.5 Å². The molecule has 0 fully saturated rings. The fraction of sp³-hybridized carbons (Fsp3) is 0.167. The van der Waals surface area contributed by atoms with Crippen LogP contribution in [0.5, 0.6) is 0 Å². The summed E-state index contributed by atoms with van der Waals surface area (Å²) in [6, 6.07) is 15.0. The summed E-state index contributed by atoms with van der Waals surface area (Å²) in [7, 11) is 0. The fourth-order valence-electron chi connectivity index (χ4n) is 2.33. The first-order valence-electron chi connectivity index (χ1n) is 7.97. The van der Waals surface area contributed by atoms with Crippen LogP contribution in [0.2, 0.25) is 10.0 Å². The average molecular weight is 456 g/mol. The molecule has 0 radical (unpaired) electrons. The number of rotatable bonds is 6. The van der Waals surface area contributed by atoms with Crippen LogP contribution in [0.1, 0.15) is 18.5 Å². The van der Waals surface area contributed by atoms with Crippen LogP contribution in [0.15, 0.2) is 52.9 Å². The molecular formula is C18H15Cl2N3OS3. The molecular weight excluding hydrogens is 441 g/mol. The number of thioether (sulfide) groups is 1. The molecule has 4 nitrogen and oxygen atoms in total. The van der Waals surface area contributed by atoms with Crippen LogP contribution < -0.4 is 5.32 Å². The summed E-state index contributed by atoms with van der Waals surface area (Å²) in [6.45, 7) is 1.96. The van der Waals surface area contributed by atoms with Gasteiger partial charge in [-0.15, -0.1) is 5.10 Å². The largest absolute Gasteiger partial charge is 0.349 e. The summed E-state index contributed by atoms with van der Waals surface area (Å²) < 4.78 is 2.91. The lowest BCUT2D eigenvalue weighted by Gasteiger charge is -2.13. The molecule has 1 amide bonds. The molecule has 3 aromatic rings. The molecule has 1 N–H and O–H groups in total. The van der Waals surface area contributed by atoms with Gasteiger partial charge in [0.25, 0.3) is 0 Å². The zero-order valence-electron chi connectivity index (χ0n) is 14.2. The lowest BCUT2D eigenvalue weighted by atomic mass is 10.1. The molecule has 27 heavy (non-hydrogen) atoms. The van der Waals surface area contributed by atoms with Crippen molar-refractivity contribution in [2.75, 3.05) is 5.75 Å². The van der Waals surface area contributed by atoms with Crippen LogP contribution in [0, 0.1) is 3.95 Å². The van der Waals surface area contributed by atoms with Gasteiger partial charge in [-0.3, -0.25) is 4.79 Å². The smallest absolute Gasteiger partial charge is 0.230 e. The van der Waals surface area contributed by atoms with Gasteiger partial charge in [-0.05, 0) is 42.9 Å². The quantitative estimate of drug-likeness (QED) is 0.368. The number of nitrogens with one attached hydrogen (secondary N) is 1. The third-order valence-electron chi connectivity index (χ3n) is 3.68. The van der Waals surface area contributed by atoms with Crippen molar-refractivity contribution in [2.45, 2.75) is 17.3 Å². The number of nitrogens with zero attached hydrogens (tertiary/aromatic N) is 2. The molecule has 0 aliphatic carbocycles. The van der Waals surface area contributed by atoms with Crippen molar-refractivity contribution in [2.24, 2.45) is 0 Å². The van der Waals surface area contributed by atoms with Gasteiger partial charge in [0.05, 0.1) is 27.5 Å². The maximum absolute atomic E-state index is 12.2. The third-order valence-corrected chi connectivity index (χ3v) is 6.79. The van der Waals surface area contributed by atoms with Crippen LogP contribution in [0.3, 0.4) is 0 Å². The van der Waals surface area contributed by atoms with E-state index in [1.165, 1.54) is 23.1 Å². The van der Waals surface area contributed by atoms with Gasteiger partial charge in [-0.2, -0.15) is 0 Å². The van der Waals surface area contributed by atoms with Gasteiger partial charge in [-0.25, -0.2) is 4.68 Å². The number of benzene rings is 2. The first-order valence-corrected chi connectivity index (χ1v) is 10.9. The summed E-state index contributed by atoms with van der Waals surface area (Å²) in [5.41, 5.74) is 1.80. The van der Waals surface area contributed by atoms with Crippen molar-refractivity contribution in [3.8, 4) is 5.69 Å². The van der Waals surface area contributed by atoms with Crippen molar-refractivity contribution >= 4 is 64.4 Å². The average Bonchev–Trinajstić information content (AvgIpc) is 3.04. The zero-order valence-corrected chi connectivity index (χ0v) is 18.1. The molecule has 140 valence electrons. The van der Waals surface area contributed by atoms with Gasteiger partial charge in [0.15, 0.2) is 8.29 Å². The zero-order chi connectivity index (χ0) is 19.4. The van der Waals surface area contributed by atoms with Crippen molar-refractivity contribution in [1.29, 1.82) is 0 Å². The van der Waals surface area contributed by atoms with Gasteiger partial charge in [0.1, 0.15) is 0 Å². The predicted molar refractivity (Wildman–Crippen MR) is 116 cm³/mol. The third kappa shape index (κ3) is 5.33. The number of halogens is 2. The number of carbonyl (C=O) groups excluding carboxylic acids is 1. The van der Waals surface area contributed by atoms with Crippen molar-refractivity contribution < 1.29 is 4.79 Å². The second kappa shape index (κ2) is 9.21. The van der Waals surface area contributed by atoms with E-state index in [-0.39, 0.29) is 17.7 Å². The van der Waals surface area contributed by atoms with Crippen LogP contribution in [-0.2, 0) is 4.79 Å². The Bertz CT molecular complexity index is 1000. The summed E-state index contributed by atoms with van der Waals surface area (Å²) in [5.74, 6) is 0.208. The molecule has 1 heterocycles. The summed E-state index contributed by atoms with van der Waals surface area (Å²) in [6.07, 6.45) is 0. The Morgan fingerprint density at radius 3 is 2.70 bits per heavy atom. The lowest BCUT2D eigenvalue weighted by Crippen LogP contribution is -2.28. The SMILES string of the molecule is CC(NC(=O)CSc1nn(-c2ccc(Cl)c(Cl)c2)c(=S)s1)c1ccccc1. The van der Waals surface area contributed by atoms with Gasteiger partial charge in [0, 0.05) is 0 Å². The number of hydrogen-bond donors (Lipinski definition) is 1. The number of hydrogen-bond acceptors (Lipinski definition) is 5. The Hall–Kier alpha value is -1.38. The minimum absolute atomic E-state index is 0.0498. The summed E-state index contributed by atoms with van der Waals surface area (Å²) in [4.78, 5) is 12.2. The number of aromatic nitrogens is 2. The first kappa shape index (κ1) is 20.4. The molecule has 0 saturated heterocycles. The van der Waals surface area contributed by atoms with Gasteiger partial charge in [-0.1, -0.05) is 76.6 Å². The van der Waals surface area contributed by atoms with Crippen molar-refractivity contribution in [3.05, 3.63) is 68.1 Å². The lowest BCUT2D eigenvalue weighted by molar-refractivity contribution is -0.119. The molecule has 1 aromatic heterocycles. The fourth-order valence-corrected chi connectivity index (χ4v) is 4.80. The van der Waals surface area contributed by atoms with E-state index in [9.17, 15) is 4.79 Å². The van der Waals surface area contributed by atoms with E-state index < -0.39 is 0 Å². The topological polar surface area (TPSA) is 46.9 Å². The Balaban J connectivity index is 1.62. The molecule has 1 atom stereocenters. The van der Waals surface area contributed by atoms with Gasteiger partial charge >= 0.3 is 0 Å². The Morgan fingerprint density at radius 2 is 2.00 bits per heavy atom. The second-order valence-corrected chi connectivity index (χ2v) is 9.29. The minimum atomic E-state index is -0.0569. The van der Waals surface area contributed by atoms with Crippen LogP contribution in [0.25, 0.3) is 5.69 Å². The first-order chi connectivity index (χ1) is 12.9. The Kier molecular flexibility index (Phi) is 6.94. The normalized spacial score (nSPS) is 12.0. The molecule has 3 rings (SSSR count). The van der Waals surface area contributed by atoms with Gasteiger partial charge < -0.3 is 5.32 Å². The second-order valence-electron chi connectivity index (χ2n) is 5.63. The van der Waals surface area contributed by atoms with E-state index in [4.69, 9.17) is 35.4 Å². The molecule has 0 saturated carbocycles. The minimum Gasteiger partial charge on any atom is -0.349 e. The van der Waals surface area contributed by atoms with Crippen molar-refractivity contribution in [3.63, 3.8) is 0 Å². The highest BCUT2D eigenvalue weighted by atomic mass is 35.5. The van der Waals surface area contributed by atoms with E-state index in [0.717, 1.165) is 11.3 Å². The standard InChI is InChI=1S/C18H15Cl2N3OS3/c1-11(12-5-3-2-4-6-12)21-16(24)10-26-17-22-23(18(25)27-17)13-7-8-14(19)15(20)9-13/h2-9,11H,10H2,1H3,(H,21,24). The van der Waals surface area contributed by atoms with Crippen molar-refractivity contribution in [1.82, 2.24) is 15.1 Å². The van der Waals surface area contributed by atoms with E-state index in [1.807, 2.05) is 37.3 Å². The van der Waals surface area contributed by atoms with E-state index in [2.05, 4.69) is 10.4 Å². The highest BCUT2D eigenvalue weighted by Gasteiger charge is 2.12. The van der Waals surface area contributed by atoms with Crippen LogP contribution in [0.4, 0.5) is 0 Å². The number of amides is 1. The highest BCUT2D eigenvalue weighted by molar-refractivity contribution is 8.01. The summed E-state index contributed by atoms with van der Waals surface area (Å²) >= 11 is 20.1. The van der Waals surface area contributed by atoms with E-state index in [0.29, 0.717) is 18.3 Å². The Morgan fingerprint density at radius 1 is 1.26 bits per heavy atom. The maximum Gasteiger partial charge on any atom is 0.230 e. The molecule has 2 aromatic carbocycles. The van der Waals surface area contributed by atoms with E-state index >= 15 is 0 Å². The monoisotopic (exact) mass is 455 g/mol.